The topological polar surface area (TPSA) is 57.1 Å². The molecule has 0 aliphatic carbocycles. The number of rotatable bonds is 2. The first-order valence-corrected chi connectivity index (χ1v) is 4.35. The summed E-state index contributed by atoms with van der Waals surface area (Å²) < 4.78 is 4.47. The SMILES string of the molecule is COC(=O)C1N=C(c2ccccc2)OO1. The average Bonchev–Trinajstić information content (AvgIpc) is 2.78. The molecule has 1 heterocycles. The molecule has 0 saturated carbocycles. The van der Waals surface area contributed by atoms with Crippen molar-refractivity contribution in [3.05, 3.63) is 35.9 Å². The van der Waals surface area contributed by atoms with E-state index in [9.17, 15) is 4.79 Å². The van der Waals surface area contributed by atoms with Crippen molar-refractivity contribution in [1.82, 2.24) is 0 Å². The fourth-order valence-corrected chi connectivity index (χ4v) is 1.14. The molecule has 1 aromatic carbocycles. The summed E-state index contributed by atoms with van der Waals surface area (Å²) >= 11 is 0. The lowest BCUT2D eigenvalue weighted by molar-refractivity contribution is -0.239. The minimum Gasteiger partial charge on any atom is -0.466 e. The Labute approximate surface area is 86.2 Å². The molecule has 0 bridgehead atoms. The highest BCUT2D eigenvalue weighted by Gasteiger charge is 2.29. The largest absolute Gasteiger partial charge is 0.466 e. The molecule has 0 spiro atoms. The van der Waals surface area contributed by atoms with E-state index in [0.29, 0.717) is 0 Å². The van der Waals surface area contributed by atoms with Crippen molar-refractivity contribution in [2.75, 3.05) is 7.11 Å². The Kier molecular flexibility index (Phi) is 2.64. The average molecular weight is 207 g/mol. The highest BCUT2D eigenvalue weighted by Crippen LogP contribution is 2.13. The van der Waals surface area contributed by atoms with Gasteiger partial charge >= 0.3 is 5.97 Å². The lowest BCUT2D eigenvalue weighted by atomic mass is 10.2. The zero-order valence-corrected chi connectivity index (χ0v) is 8.04. The molecule has 1 aliphatic rings. The summed E-state index contributed by atoms with van der Waals surface area (Å²) in [4.78, 5) is 24.5. The second-order valence-corrected chi connectivity index (χ2v) is 2.86. The molecule has 1 aliphatic heterocycles. The Hall–Kier alpha value is -1.88. The van der Waals surface area contributed by atoms with Gasteiger partial charge in [0.2, 0.25) is 0 Å². The van der Waals surface area contributed by atoms with Gasteiger partial charge in [-0.25, -0.2) is 9.79 Å². The van der Waals surface area contributed by atoms with Gasteiger partial charge in [0.15, 0.2) is 0 Å². The van der Waals surface area contributed by atoms with Gasteiger partial charge in [0, 0.05) is 5.56 Å². The van der Waals surface area contributed by atoms with Crippen LogP contribution in [0.5, 0.6) is 0 Å². The summed E-state index contributed by atoms with van der Waals surface area (Å²) in [7, 11) is 1.27. The summed E-state index contributed by atoms with van der Waals surface area (Å²) in [6, 6.07) is 9.17. The molecule has 15 heavy (non-hydrogen) atoms. The van der Waals surface area contributed by atoms with Crippen molar-refractivity contribution < 1.29 is 19.3 Å². The van der Waals surface area contributed by atoms with Crippen LogP contribution in [0.15, 0.2) is 35.3 Å². The molecule has 0 saturated heterocycles. The van der Waals surface area contributed by atoms with E-state index in [0.717, 1.165) is 5.56 Å². The van der Waals surface area contributed by atoms with E-state index in [1.165, 1.54) is 7.11 Å². The zero-order valence-electron chi connectivity index (χ0n) is 8.04. The van der Waals surface area contributed by atoms with Crippen molar-refractivity contribution in [1.29, 1.82) is 0 Å². The maximum absolute atomic E-state index is 11.1. The summed E-state index contributed by atoms with van der Waals surface area (Å²) in [5, 5.41) is 0. The van der Waals surface area contributed by atoms with Gasteiger partial charge in [-0.1, -0.05) is 18.2 Å². The molecule has 0 amide bonds. The number of benzene rings is 1. The van der Waals surface area contributed by atoms with E-state index < -0.39 is 12.2 Å². The Balaban J connectivity index is 2.17. The number of aliphatic imine (C=N–C) groups is 1. The fraction of sp³-hybridized carbons (Fsp3) is 0.200. The van der Waals surface area contributed by atoms with Gasteiger partial charge in [-0.2, -0.15) is 0 Å². The van der Waals surface area contributed by atoms with Gasteiger partial charge in [-0.3, -0.25) is 0 Å². The molecule has 0 N–H and O–H groups in total. The minimum absolute atomic E-state index is 0.283. The van der Waals surface area contributed by atoms with E-state index in [-0.39, 0.29) is 5.90 Å². The van der Waals surface area contributed by atoms with E-state index in [4.69, 9.17) is 9.78 Å². The normalized spacial score (nSPS) is 19.3. The molecular weight excluding hydrogens is 198 g/mol. The molecule has 0 aromatic heterocycles. The van der Waals surface area contributed by atoms with Crippen molar-refractivity contribution in [3.8, 4) is 0 Å². The van der Waals surface area contributed by atoms with Gasteiger partial charge < -0.3 is 9.62 Å². The number of hydrogen-bond donors (Lipinski definition) is 0. The molecule has 1 unspecified atom stereocenters. The Morgan fingerprint density at radius 3 is 2.80 bits per heavy atom. The van der Waals surface area contributed by atoms with Crippen LogP contribution in [0.4, 0.5) is 0 Å². The predicted molar refractivity (Wildman–Crippen MR) is 51.0 cm³/mol. The summed E-state index contributed by atoms with van der Waals surface area (Å²) in [6.45, 7) is 0. The number of methoxy groups -OCH3 is 1. The molecule has 2 rings (SSSR count). The highest BCUT2D eigenvalue weighted by molar-refractivity contribution is 5.96. The third-order valence-electron chi connectivity index (χ3n) is 1.88. The first kappa shape index (κ1) is 9.67. The molecule has 0 fully saturated rings. The van der Waals surface area contributed by atoms with Crippen LogP contribution in [-0.4, -0.2) is 25.2 Å². The van der Waals surface area contributed by atoms with Crippen LogP contribution in [0.25, 0.3) is 0 Å². The molecule has 1 aromatic rings. The van der Waals surface area contributed by atoms with Gasteiger partial charge in [-0.05, 0) is 12.1 Å². The molecular formula is C10H9NO4. The Morgan fingerprint density at radius 2 is 2.13 bits per heavy atom. The lowest BCUT2D eigenvalue weighted by Gasteiger charge is -1.99. The summed E-state index contributed by atoms with van der Waals surface area (Å²) in [6.07, 6.45) is -1.02. The number of nitrogens with zero attached hydrogens (tertiary/aromatic N) is 1. The third kappa shape index (κ3) is 1.97. The van der Waals surface area contributed by atoms with Crippen LogP contribution in [0.2, 0.25) is 0 Å². The monoisotopic (exact) mass is 207 g/mol. The van der Waals surface area contributed by atoms with Crippen LogP contribution in [-0.2, 0) is 19.3 Å². The summed E-state index contributed by atoms with van der Waals surface area (Å²) in [5.41, 5.74) is 0.754. The lowest BCUT2D eigenvalue weighted by Crippen LogP contribution is -2.19. The number of carbonyl (C=O) groups excluding carboxylic acids is 1. The predicted octanol–water partition coefficient (Wildman–Crippen LogP) is 0.894. The first-order valence-electron chi connectivity index (χ1n) is 4.35. The maximum atomic E-state index is 11.1. The standard InChI is InChI=1S/C10H9NO4/c1-13-10(12)9-11-8(14-15-9)7-5-3-2-4-6-7/h2-6,9H,1H3. The maximum Gasteiger partial charge on any atom is 0.362 e. The smallest absolute Gasteiger partial charge is 0.362 e. The van der Waals surface area contributed by atoms with Gasteiger partial charge in [0.1, 0.15) is 0 Å². The second kappa shape index (κ2) is 4.10. The molecule has 1 atom stereocenters. The van der Waals surface area contributed by atoms with Crippen molar-refractivity contribution in [2.45, 2.75) is 6.23 Å². The van der Waals surface area contributed by atoms with Crippen LogP contribution >= 0.6 is 0 Å². The molecule has 0 radical (unpaired) electrons. The molecule has 5 nitrogen and oxygen atoms in total. The quantitative estimate of drug-likeness (QED) is 0.534. The molecule has 78 valence electrons. The second-order valence-electron chi connectivity index (χ2n) is 2.86. The van der Waals surface area contributed by atoms with Gasteiger partial charge in [0.05, 0.1) is 7.11 Å². The van der Waals surface area contributed by atoms with Crippen LogP contribution in [0, 0.1) is 0 Å². The number of hydrogen-bond acceptors (Lipinski definition) is 5. The van der Waals surface area contributed by atoms with Gasteiger partial charge in [-0.15, -0.1) is 4.89 Å². The van der Waals surface area contributed by atoms with E-state index in [2.05, 4.69) is 9.73 Å². The Morgan fingerprint density at radius 1 is 1.40 bits per heavy atom. The summed E-state index contributed by atoms with van der Waals surface area (Å²) in [5.74, 6) is -0.299. The van der Waals surface area contributed by atoms with E-state index in [1.807, 2.05) is 30.3 Å². The highest BCUT2D eigenvalue weighted by atomic mass is 17.2. The number of ether oxygens (including phenoxy) is 1. The van der Waals surface area contributed by atoms with Crippen molar-refractivity contribution in [3.63, 3.8) is 0 Å². The van der Waals surface area contributed by atoms with Gasteiger partial charge in [0.25, 0.3) is 12.1 Å². The Bertz CT molecular complexity index is 388. The third-order valence-corrected chi connectivity index (χ3v) is 1.88. The molecule has 5 heteroatoms. The minimum atomic E-state index is -1.02. The number of esters is 1. The van der Waals surface area contributed by atoms with E-state index >= 15 is 0 Å². The zero-order chi connectivity index (χ0) is 10.7. The van der Waals surface area contributed by atoms with Crippen LogP contribution in [0.3, 0.4) is 0 Å². The first-order chi connectivity index (χ1) is 7.31. The van der Waals surface area contributed by atoms with E-state index in [1.54, 1.807) is 0 Å². The fourth-order valence-electron chi connectivity index (χ4n) is 1.14. The van der Waals surface area contributed by atoms with Crippen molar-refractivity contribution >= 4 is 11.9 Å². The van der Waals surface area contributed by atoms with Crippen LogP contribution < -0.4 is 0 Å². The number of carbonyl (C=O) groups is 1. The van der Waals surface area contributed by atoms with Crippen LogP contribution in [0.1, 0.15) is 5.56 Å². The van der Waals surface area contributed by atoms with Crippen molar-refractivity contribution in [2.24, 2.45) is 4.99 Å².